The molecule has 0 radical (unpaired) electrons. The fourth-order valence-electron chi connectivity index (χ4n) is 4.83. The quantitative estimate of drug-likeness (QED) is 0.553. The number of benzene rings is 1. The zero-order valence-corrected chi connectivity index (χ0v) is 17.9. The number of hydrogen-bond acceptors (Lipinski definition) is 6. The summed E-state index contributed by atoms with van der Waals surface area (Å²) < 4.78 is 34.9. The zero-order valence-electron chi connectivity index (χ0n) is 17.0. The summed E-state index contributed by atoms with van der Waals surface area (Å²) in [6.45, 7) is 3.60. The van der Waals surface area contributed by atoms with Crippen molar-refractivity contribution in [3.63, 3.8) is 0 Å². The number of hydrogen-bond donors (Lipinski definition) is 3. The molecule has 3 N–H and O–H groups in total. The van der Waals surface area contributed by atoms with E-state index in [9.17, 15) is 13.2 Å². The Morgan fingerprint density at radius 3 is 2.71 bits per heavy atom. The molecule has 1 amide bonds. The molecule has 5 rings (SSSR count). The van der Waals surface area contributed by atoms with Crippen LogP contribution < -0.4 is 10.0 Å². The molecule has 2 saturated carbocycles. The number of sulfonamides is 1. The lowest BCUT2D eigenvalue weighted by Crippen LogP contribution is -2.47. The first kappa shape index (κ1) is 20.0. The van der Waals surface area contributed by atoms with Crippen molar-refractivity contribution in [3.8, 4) is 11.1 Å². The van der Waals surface area contributed by atoms with E-state index < -0.39 is 16.1 Å². The Bertz CT molecular complexity index is 1290. The van der Waals surface area contributed by atoms with Crippen LogP contribution in [0.4, 0.5) is 4.79 Å². The van der Waals surface area contributed by atoms with Crippen LogP contribution in [0, 0.1) is 19.3 Å². The molecule has 9 nitrogen and oxygen atoms in total. The Kier molecular flexibility index (Phi) is 4.35. The van der Waals surface area contributed by atoms with Gasteiger partial charge in [0.2, 0.25) is 10.0 Å². The van der Waals surface area contributed by atoms with Crippen LogP contribution in [0.5, 0.6) is 0 Å². The molecular formula is C21H22N4O5S. The zero-order chi connectivity index (χ0) is 22.0. The summed E-state index contributed by atoms with van der Waals surface area (Å²) >= 11 is 0. The number of fused-ring (bicyclic) bond motifs is 1. The van der Waals surface area contributed by atoms with Crippen LogP contribution in [0.1, 0.15) is 30.7 Å². The van der Waals surface area contributed by atoms with Crippen LogP contribution in [0.2, 0.25) is 0 Å². The largest absolute Gasteiger partial charge is 0.465 e. The average molecular weight is 442 g/mol. The van der Waals surface area contributed by atoms with Crippen LogP contribution >= 0.6 is 0 Å². The van der Waals surface area contributed by atoms with E-state index in [-0.39, 0.29) is 22.4 Å². The number of nitrogens with one attached hydrogen (secondary N) is 2. The predicted octanol–water partition coefficient (Wildman–Crippen LogP) is 2.97. The van der Waals surface area contributed by atoms with Crippen LogP contribution in [0.25, 0.3) is 22.0 Å². The minimum absolute atomic E-state index is 0.111. The summed E-state index contributed by atoms with van der Waals surface area (Å²) in [5.74, 6) is 0.608. The summed E-state index contributed by atoms with van der Waals surface area (Å²) in [7, 11) is -3.83. The summed E-state index contributed by atoms with van der Waals surface area (Å²) in [4.78, 5) is 15.3. The molecule has 2 aliphatic carbocycles. The maximum absolute atomic E-state index is 13.4. The van der Waals surface area contributed by atoms with Crippen molar-refractivity contribution < 1.29 is 22.8 Å². The molecule has 1 spiro atoms. The fourth-order valence-corrected chi connectivity index (χ4v) is 6.40. The highest BCUT2D eigenvalue weighted by Gasteiger charge is 2.63. The molecule has 1 unspecified atom stereocenters. The Morgan fingerprint density at radius 1 is 1.26 bits per heavy atom. The van der Waals surface area contributed by atoms with E-state index in [0.717, 1.165) is 5.56 Å². The van der Waals surface area contributed by atoms with Gasteiger partial charge < -0.3 is 14.9 Å². The third-order valence-electron chi connectivity index (χ3n) is 6.41. The highest BCUT2D eigenvalue weighted by Crippen LogP contribution is 2.61. The molecule has 3 aromatic rings. The number of rotatable bonds is 5. The number of aryl methyl sites for hydroxylation is 2. The number of carboxylic acid groups (broad SMARTS) is 1. The Hall–Kier alpha value is -2.98. The number of aromatic nitrogens is 2. The molecular weight excluding hydrogens is 420 g/mol. The Morgan fingerprint density at radius 2 is 2.03 bits per heavy atom. The highest BCUT2D eigenvalue weighted by atomic mass is 32.2. The van der Waals surface area contributed by atoms with Gasteiger partial charge in [-0.25, -0.2) is 17.9 Å². The molecule has 2 fully saturated rings. The fraction of sp³-hybridized carbons (Fsp3) is 0.381. The van der Waals surface area contributed by atoms with Gasteiger partial charge in [-0.15, -0.1) is 0 Å². The van der Waals surface area contributed by atoms with E-state index in [1.54, 1.807) is 31.3 Å². The SMILES string of the molecule is Cc1noc(C)c1-c1cc(S(=O)(=O)NC2CC23CC(NC(=O)O)C3)c2cccnc2c1. The van der Waals surface area contributed by atoms with Gasteiger partial charge in [0.25, 0.3) is 0 Å². The third-order valence-corrected chi connectivity index (χ3v) is 7.93. The Balaban J connectivity index is 1.48. The van der Waals surface area contributed by atoms with Crippen LogP contribution in [-0.4, -0.2) is 41.8 Å². The number of amides is 1. The average Bonchev–Trinajstić information content (AvgIpc) is 3.26. The van der Waals surface area contributed by atoms with Crippen molar-refractivity contribution in [2.75, 3.05) is 0 Å². The highest BCUT2D eigenvalue weighted by molar-refractivity contribution is 7.89. The van der Waals surface area contributed by atoms with Crippen LogP contribution in [-0.2, 0) is 10.0 Å². The first-order valence-corrected chi connectivity index (χ1v) is 11.5. The normalized spacial score (nSPS) is 24.8. The lowest BCUT2D eigenvalue weighted by molar-refractivity contribution is 0.154. The van der Waals surface area contributed by atoms with E-state index in [4.69, 9.17) is 9.63 Å². The van der Waals surface area contributed by atoms with Gasteiger partial charge in [-0.1, -0.05) is 5.16 Å². The summed E-state index contributed by atoms with van der Waals surface area (Å²) in [6.07, 6.45) is 2.59. The van der Waals surface area contributed by atoms with Gasteiger partial charge in [0.1, 0.15) is 5.76 Å². The monoisotopic (exact) mass is 442 g/mol. The van der Waals surface area contributed by atoms with Gasteiger partial charge in [-0.05, 0) is 68.4 Å². The number of nitrogens with zero attached hydrogens (tertiary/aromatic N) is 2. The summed E-state index contributed by atoms with van der Waals surface area (Å²) in [6, 6.07) is 6.63. The van der Waals surface area contributed by atoms with Crippen molar-refractivity contribution >= 4 is 27.0 Å². The second kappa shape index (κ2) is 6.76. The second-order valence-corrected chi connectivity index (χ2v) is 10.2. The maximum atomic E-state index is 13.4. The van der Waals surface area contributed by atoms with E-state index in [2.05, 4.69) is 20.2 Å². The smallest absolute Gasteiger partial charge is 0.404 e. The van der Waals surface area contributed by atoms with E-state index in [1.807, 2.05) is 13.0 Å². The second-order valence-electron chi connectivity index (χ2n) is 8.54. The van der Waals surface area contributed by atoms with Gasteiger partial charge in [-0.3, -0.25) is 4.98 Å². The first-order chi connectivity index (χ1) is 14.7. The van der Waals surface area contributed by atoms with E-state index in [0.29, 0.717) is 47.2 Å². The number of carbonyl (C=O) groups is 1. The molecule has 0 aliphatic heterocycles. The van der Waals surface area contributed by atoms with Gasteiger partial charge >= 0.3 is 6.09 Å². The molecule has 2 heterocycles. The summed E-state index contributed by atoms with van der Waals surface area (Å²) in [5, 5.41) is 15.8. The topological polar surface area (TPSA) is 134 Å². The van der Waals surface area contributed by atoms with Gasteiger partial charge in [0, 0.05) is 29.2 Å². The summed E-state index contributed by atoms with van der Waals surface area (Å²) in [5.41, 5.74) is 2.54. The molecule has 1 atom stereocenters. The van der Waals surface area contributed by atoms with Crippen molar-refractivity contribution in [1.29, 1.82) is 0 Å². The van der Waals surface area contributed by atoms with Gasteiger partial charge in [-0.2, -0.15) is 0 Å². The van der Waals surface area contributed by atoms with Crippen molar-refractivity contribution in [2.24, 2.45) is 5.41 Å². The minimum Gasteiger partial charge on any atom is -0.465 e. The van der Waals surface area contributed by atoms with Crippen molar-refractivity contribution in [1.82, 2.24) is 20.2 Å². The standard InChI is InChI=1S/C21H22N4O5S/c1-11-19(12(2)30-24-11)13-6-16-15(4-3-5-22-16)17(7-13)31(28,29)25-18-10-21(18)8-14(9-21)23-20(26)27/h3-7,14,18,23,25H,8-10H2,1-2H3,(H,26,27). The van der Waals surface area contributed by atoms with E-state index >= 15 is 0 Å². The molecule has 162 valence electrons. The van der Waals surface area contributed by atoms with Crippen LogP contribution in [0.15, 0.2) is 39.9 Å². The molecule has 10 heteroatoms. The van der Waals surface area contributed by atoms with Crippen molar-refractivity contribution in [2.45, 2.75) is 50.1 Å². The third kappa shape index (κ3) is 3.35. The Labute approximate surface area is 178 Å². The van der Waals surface area contributed by atoms with Crippen LogP contribution in [0.3, 0.4) is 0 Å². The molecule has 0 saturated heterocycles. The van der Waals surface area contributed by atoms with E-state index in [1.165, 1.54) is 0 Å². The lowest BCUT2D eigenvalue weighted by atomic mass is 9.76. The molecule has 2 aromatic heterocycles. The molecule has 1 aromatic carbocycles. The molecule has 31 heavy (non-hydrogen) atoms. The lowest BCUT2D eigenvalue weighted by Gasteiger charge is -2.36. The van der Waals surface area contributed by atoms with Gasteiger partial charge in [0.05, 0.1) is 16.1 Å². The molecule has 0 bridgehead atoms. The molecule has 2 aliphatic rings. The minimum atomic E-state index is -3.83. The van der Waals surface area contributed by atoms with Crippen molar-refractivity contribution in [3.05, 3.63) is 41.9 Å². The van der Waals surface area contributed by atoms with Gasteiger partial charge in [0.15, 0.2) is 0 Å². The number of pyridine rings is 1. The maximum Gasteiger partial charge on any atom is 0.404 e. The first-order valence-electron chi connectivity index (χ1n) is 10.0. The predicted molar refractivity (Wildman–Crippen MR) is 112 cm³/mol.